The standard InChI is InChI=1S/C21H31N2/c1-2-3-4-5-6-7-8-12-15-21-19-23(17-16-22-21)18-20-13-10-9-11-14-20/h9-11,13-14,16-17,19H,2-8,12,15,18H2,1H3/q+1. The minimum atomic E-state index is 0.924. The number of aromatic nitrogens is 2. The van der Waals surface area contributed by atoms with Crippen molar-refractivity contribution in [2.24, 2.45) is 0 Å². The molecule has 0 fully saturated rings. The second-order valence-corrected chi connectivity index (χ2v) is 6.43. The highest BCUT2D eigenvalue weighted by molar-refractivity contribution is 5.13. The molecule has 0 aliphatic heterocycles. The molecule has 0 atom stereocenters. The van der Waals surface area contributed by atoms with E-state index in [4.69, 9.17) is 0 Å². The van der Waals surface area contributed by atoms with Gasteiger partial charge in [0.1, 0.15) is 5.69 Å². The van der Waals surface area contributed by atoms with Crippen molar-refractivity contribution in [3.8, 4) is 0 Å². The molecule has 0 radical (unpaired) electrons. The Morgan fingerprint density at radius 3 is 2.30 bits per heavy atom. The fraction of sp³-hybridized carbons (Fsp3) is 0.524. The van der Waals surface area contributed by atoms with Gasteiger partial charge in [-0.05, 0) is 12.8 Å². The van der Waals surface area contributed by atoms with Gasteiger partial charge in [-0.1, -0.05) is 82.2 Å². The van der Waals surface area contributed by atoms with Crippen molar-refractivity contribution in [3.05, 3.63) is 60.2 Å². The van der Waals surface area contributed by atoms with E-state index in [1.807, 2.05) is 6.20 Å². The molecule has 0 bridgehead atoms. The summed E-state index contributed by atoms with van der Waals surface area (Å²) in [5.41, 5.74) is 2.55. The molecule has 2 aromatic rings. The Bertz CT molecular complexity index is 537. The zero-order chi connectivity index (χ0) is 16.2. The van der Waals surface area contributed by atoms with Gasteiger partial charge in [-0.3, -0.25) is 0 Å². The number of aryl methyl sites for hydroxylation is 1. The predicted octanol–water partition coefficient (Wildman–Crippen LogP) is 5.10. The fourth-order valence-corrected chi connectivity index (χ4v) is 2.94. The van der Waals surface area contributed by atoms with Crippen LogP contribution >= 0.6 is 0 Å². The highest BCUT2D eigenvalue weighted by Crippen LogP contribution is 2.10. The number of unbranched alkanes of at least 4 members (excludes halogenated alkanes) is 7. The van der Waals surface area contributed by atoms with Gasteiger partial charge < -0.3 is 0 Å². The first-order chi connectivity index (χ1) is 11.4. The van der Waals surface area contributed by atoms with Gasteiger partial charge in [-0.2, -0.15) is 4.57 Å². The van der Waals surface area contributed by atoms with Crippen LogP contribution < -0.4 is 4.57 Å². The summed E-state index contributed by atoms with van der Waals surface area (Å²) in [5.74, 6) is 0. The lowest BCUT2D eigenvalue weighted by Crippen LogP contribution is -2.34. The summed E-state index contributed by atoms with van der Waals surface area (Å²) >= 11 is 0. The minimum absolute atomic E-state index is 0.924. The summed E-state index contributed by atoms with van der Waals surface area (Å²) < 4.78 is 2.24. The van der Waals surface area contributed by atoms with Crippen LogP contribution in [0.4, 0.5) is 0 Å². The van der Waals surface area contributed by atoms with Gasteiger partial charge in [0.05, 0.1) is 6.20 Å². The van der Waals surface area contributed by atoms with Gasteiger partial charge in [-0.15, -0.1) is 0 Å². The van der Waals surface area contributed by atoms with Crippen LogP contribution in [0.2, 0.25) is 0 Å². The van der Waals surface area contributed by atoms with Gasteiger partial charge in [0, 0.05) is 5.56 Å². The average molecular weight is 311 g/mol. The van der Waals surface area contributed by atoms with Crippen LogP contribution in [0.3, 0.4) is 0 Å². The van der Waals surface area contributed by atoms with E-state index in [9.17, 15) is 0 Å². The molecule has 0 saturated heterocycles. The Hall–Kier alpha value is -1.70. The molecule has 1 aromatic carbocycles. The van der Waals surface area contributed by atoms with Gasteiger partial charge in [0.2, 0.25) is 0 Å². The van der Waals surface area contributed by atoms with E-state index in [2.05, 4.69) is 59.2 Å². The molecular formula is C21H31N2+. The van der Waals surface area contributed by atoms with E-state index >= 15 is 0 Å². The minimum Gasteiger partial charge on any atom is -0.249 e. The summed E-state index contributed by atoms with van der Waals surface area (Å²) in [6.07, 6.45) is 18.2. The van der Waals surface area contributed by atoms with E-state index in [1.54, 1.807) is 0 Å². The van der Waals surface area contributed by atoms with Crippen LogP contribution in [-0.4, -0.2) is 4.98 Å². The number of hydrogen-bond acceptors (Lipinski definition) is 1. The molecule has 2 nitrogen and oxygen atoms in total. The first kappa shape index (κ1) is 17.7. The van der Waals surface area contributed by atoms with E-state index in [-0.39, 0.29) is 0 Å². The molecule has 0 aliphatic carbocycles. The third-order valence-corrected chi connectivity index (χ3v) is 4.31. The zero-order valence-electron chi connectivity index (χ0n) is 14.6. The molecule has 0 unspecified atom stereocenters. The molecule has 23 heavy (non-hydrogen) atoms. The quantitative estimate of drug-likeness (QED) is 0.417. The van der Waals surface area contributed by atoms with Crippen molar-refractivity contribution in [2.45, 2.75) is 71.3 Å². The largest absolute Gasteiger partial charge is 0.249 e. The van der Waals surface area contributed by atoms with Gasteiger partial charge >= 0.3 is 0 Å². The Morgan fingerprint density at radius 2 is 1.57 bits per heavy atom. The highest BCUT2D eigenvalue weighted by atomic mass is 15.0. The molecule has 124 valence electrons. The maximum Gasteiger partial charge on any atom is 0.190 e. The monoisotopic (exact) mass is 311 g/mol. The van der Waals surface area contributed by atoms with E-state index in [0.29, 0.717) is 0 Å². The topological polar surface area (TPSA) is 16.8 Å². The van der Waals surface area contributed by atoms with Crippen molar-refractivity contribution >= 4 is 0 Å². The molecule has 1 heterocycles. The average Bonchev–Trinajstić information content (AvgIpc) is 2.58. The molecule has 0 spiro atoms. The van der Waals surface area contributed by atoms with Gasteiger partial charge in [-0.25, -0.2) is 4.98 Å². The first-order valence-corrected chi connectivity index (χ1v) is 9.26. The Balaban J connectivity index is 1.67. The highest BCUT2D eigenvalue weighted by Gasteiger charge is 2.05. The number of rotatable bonds is 11. The summed E-state index contributed by atoms with van der Waals surface area (Å²) in [7, 11) is 0. The van der Waals surface area contributed by atoms with E-state index in [1.165, 1.54) is 62.6 Å². The molecule has 0 saturated carbocycles. The normalized spacial score (nSPS) is 10.8. The smallest absolute Gasteiger partial charge is 0.190 e. The second kappa shape index (κ2) is 10.9. The molecule has 1 aromatic heterocycles. The molecule has 2 rings (SSSR count). The lowest BCUT2D eigenvalue weighted by Gasteiger charge is -2.02. The molecular weight excluding hydrogens is 280 g/mol. The van der Waals surface area contributed by atoms with Crippen LogP contribution in [0.5, 0.6) is 0 Å². The third-order valence-electron chi connectivity index (χ3n) is 4.31. The predicted molar refractivity (Wildman–Crippen MR) is 96.3 cm³/mol. The van der Waals surface area contributed by atoms with Crippen LogP contribution in [0.1, 0.15) is 69.5 Å². The maximum atomic E-state index is 4.52. The van der Waals surface area contributed by atoms with Crippen molar-refractivity contribution in [3.63, 3.8) is 0 Å². The lowest BCUT2D eigenvalue weighted by atomic mass is 10.1. The summed E-state index contributed by atoms with van der Waals surface area (Å²) in [6, 6.07) is 10.6. The van der Waals surface area contributed by atoms with Gasteiger partial charge in [0.15, 0.2) is 18.9 Å². The van der Waals surface area contributed by atoms with Crippen LogP contribution in [0, 0.1) is 0 Å². The fourth-order valence-electron chi connectivity index (χ4n) is 2.94. The Labute approximate surface area is 141 Å². The van der Waals surface area contributed by atoms with Crippen molar-refractivity contribution in [2.75, 3.05) is 0 Å². The molecule has 0 N–H and O–H groups in total. The summed E-state index contributed by atoms with van der Waals surface area (Å²) in [5, 5.41) is 0. The van der Waals surface area contributed by atoms with Crippen LogP contribution in [0.25, 0.3) is 0 Å². The molecule has 2 heteroatoms. The number of nitrogens with zero attached hydrogens (tertiary/aromatic N) is 2. The SMILES string of the molecule is CCCCCCCCCCc1c[n+](Cc2ccccc2)ccn1. The zero-order valence-corrected chi connectivity index (χ0v) is 14.6. The van der Waals surface area contributed by atoms with Crippen molar-refractivity contribution < 1.29 is 4.57 Å². The Morgan fingerprint density at radius 1 is 0.870 bits per heavy atom. The number of hydrogen-bond donors (Lipinski definition) is 0. The van der Waals surface area contributed by atoms with Gasteiger partial charge in [0.25, 0.3) is 0 Å². The first-order valence-electron chi connectivity index (χ1n) is 9.26. The molecule has 0 aliphatic rings. The summed E-state index contributed by atoms with van der Waals surface area (Å²) in [4.78, 5) is 4.52. The second-order valence-electron chi connectivity index (χ2n) is 6.43. The Kier molecular flexibility index (Phi) is 8.39. The van der Waals surface area contributed by atoms with E-state index in [0.717, 1.165) is 13.0 Å². The van der Waals surface area contributed by atoms with Crippen molar-refractivity contribution in [1.29, 1.82) is 0 Å². The maximum absolute atomic E-state index is 4.52. The summed E-state index contributed by atoms with van der Waals surface area (Å²) in [6.45, 7) is 3.20. The molecule has 0 amide bonds. The van der Waals surface area contributed by atoms with E-state index < -0.39 is 0 Å². The lowest BCUT2D eigenvalue weighted by molar-refractivity contribution is -0.689. The van der Waals surface area contributed by atoms with Crippen LogP contribution in [0.15, 0.2) is 48.9 Å². The van der Waals surface area contributed by atoms with Crippen molar-refractivity contribution in [1.82, 2.24) is 4.98 Å². The van der Waals surface area contributed by atoms with Crippen LogP contribution in [-0.2, 0) is 13.0 Å². The number of benzene rings is 1. The third kappa shape index (κ3) is 7.40.